The van der Waals surface area contributed by atoms with Crippen LogP contribution in [0.4, 0.5) is 0 Å². The average Bonchev–Trinajstić information content (AvgIpc) is 2.73. The Morgan fingerprint density at radius 3 is 2.76 bits per heavy atom. The quantitative estimate of drug-likeness (QED) is 0.891. The van der Waals surface area contributed by atoms with Crippen LogP contribution in [0.3, 0.4) is 0 Å². The van der Waals surface area contributed by atoms with Gasteiger partial charge in [-0.15, -0.1) is 11.8 Å². The van der Waals surface area contributed by atoms with Gasteiger partial charge in [-0.25, -0.2) is 0 Å². The molecule has 2 nitrogen and oxygen atoms in total. The van der Waals surface area contributed by atoms with E-state index < -0.39 is 10.7 Å². The number of benzene rings is 1. The van der Waals surface area contributed by atoms with Gasteiger partial charge in [0.1, 0.15) is 4.75 Å². The number of carbonyl (C=O) groups is 1. The van der Waals surface area contributed by atoms with E-state index in [9.17, 15) is 4.79 Å². The Labute approximate surface area is 106 Å². The predicted octanol–water partition coefficient (Wildman–Crippen LogP) is 3.27. The zero-order valence-electron chi connectivity index (χ0n) is 10.3. The van der Waals surface area contributed by atoms with Crippen molar-refractivity contribution in [2.45, 2.75) is 43.6 Å². The first-order valence-electron chi connectivity index (χ1n) is 5.97. The maximum absolute atomic E-state index is 11.0. The minimum Gasteiger partial charge on any atom is -0.480 e. The summed E-state index contributed by atoms with van der Waals surface area (Å²) in [5.41, 5.74) is 4.16. The molecule has 0 amide bonds. The Hall–Kier alpha value is -0.960. The van der Waals surface area contributed by atoms with Gasteiger partial charge >= 0.3 is 5.97 Å². The molecule has 2 rings (SSSR count). The summed E-state index contributed by atoms with van der Waals surface area (Å²) in [4.78, 5) is 11.0. The maximum Gasteiger partial charge on any atom is 0.319 e. The number of aliphatic carboxylic acids is 1. The Bertz CT molecular complexity index is 438. The SMILES string of the molecule is CC(C)(SCc1ccc2c(c1)CCC2)C(=O)O. The first kappa shape index (κ1) is 12.5. The van der Waals surface area contributed by atoms with Crippen LogP contribution in [0.2, 0.25) is 0 Å². The molecule has 92 valence electrons. The molecule has 0 saturated heterocycles. The van der Waals surface area contributed by atoms with Crippen LogP contribution < -0.4 is 0 Å². The maximum atomic E-state index is 11.0. The highest BCUT2D eigenvalue weighted by Gasteiger charge is 2.27. The smallest absolute Gasteiger partial charge is 0.319 e. The molecule has 0 unspecified atom stereocenters. The molecule has 0 heterocycles. The molecular formula is C14H18O2S. The molecule has 3 heteroatoms. The fourth-order valence-corrected chi connectivity index (χ4v) is 2.87. The number of fused-ring (bicyclic) bond motifs is 1. The Kier molecular flexibility index (Phi) is 3.48. The molecular weight excluding hydrogens is 232 g/mol. The number of thioether (sulfide) groups is 1. The summed E-state index contributed by atoms with van der Waals surface area (Å²) in [7, 11) is 0. The van der Waals surface area contributed by atoms with E-state index in [-0.39, 0.29) is 0 Å². The number of hydrogen-bond acceptors (Lipinski definition) is 2. The highest BCUT2D eigenvalue weighted by atomic mass is 32.2. The van der Waals surface area contributed by atoms with Gasteiger partial charge in [-0.3, -0.25) is 4.79 Å². The van der Waals surface area contributed by atoms with Gasteiger partial charge in [0.15, 0.2) is 0 Å². The van der Waals surface area contributed by atoms with E-state index in [1.165, 1.54) is 47.7 Å². The molecule has 0 aromatic heterocycles. The van der Waals surface area contributed by atoms with Crippen LogP contribution in [0.15, 0.2) is 18.2 Å². The van der Waals surface area contributed by atoms with Crippen LogP contribution in [0, 0.1) is 0 Å². The van der Waals surface area contributed by atoms with Crippen molar-refractivity contribution >= 4 is 17.7 Å². The molecule has 0 saturated carbocycles. The van der Waals surface area contributed by atoms with Gasteiger partial charge in [-0.2, -0.15) is 0 Å². The van der Waals surface area contributed by atoms with Crippen molar-refractivity contribution in [2.24, 2.45) is 0 Å². The second kappa shape index (κ2) is 4.73. The summed E-state index contributed by atoms with van der Waals surface area (Å²) in [6, 6.07) is 6.58. The summed E-state index contributed by atoms with van der Waals surface area (Å²) in [6.07, 6.45) is 3.63. The van der Waals surface area contributed by atoms with Gasteiger partial charge in [0.25, 0.3) is 0 Å². The van der Waals surface area contributed by atoms with Crippen LogP contribution in [-0.4, -0.2) is 15.8 Å². The lowest BCUT2D eigenvalue weighted by Gasteiger charge is -2.18. The van der Waals surface area contributed by atoms with E-state index in [4.69, 9.17) is 5.11 Å². The third-order valence-electron chi connectivity index (χ3n) is 3.28. The highest BCUT2D eigenvalue weighted by Crippen LogP contribution is 2.30. The van der Waals surface area contributed by atoms with Crippen molar-refractivity contribution in [3.8, 4) is 0 Å². The molecule has 1 N–H and O–H groups in total. The summed E-state index contributed by atoms with van der Waals surface area (Å²) in [5, 5.41) is 9.05. The molecule has 0 fully saturated rings. The standard InChI is InChI=1S/C14H18O2S/c1-14(2,13(15)16)17-9-10-6-7-11-4-3-5-12(11)8-10/h6-8H,3-5,9H2,1-2H3,(H,15,16). The third kappa shape index (κ3) is 2.83. The minimum atomic E-state index is -0.747. The monoisotopic (exact) mass is 250 g/mol. The van der Waals surface area contributed by atoms with Crippen molar-refractivity contribution in [1.29, 1.82) is 0 Å². The Balaban J connectivity index is 2.03. The van der Waals surface area contributed by atoms with Crippen LogP contribution >= 0.6 is 11.8 Å². The normalized spacial score (nSPS) is 14.7. The topological polar surface area (TPSA) is 37.3 Å². The van der Waals surface area contributed by atoms with E-state index in [1.54, 1.807) is 13.8 Å². The molecule has 1 aliphatic rings. The van der Waals surface area contributed by atoms with Crippen molar-refractivity contribution < 1.29 is 9.90 Å². The second-order valence-corrected chi connectivity index (χ2v) is 6.66. The first-order valence-corrected chi connectivity index (χ1v) is 6.95. The molecule has 1 aromatic carbocycles. The summed E-state index contributed by atoms with van der Waals surface area (Å²) < 4.78 is -0.709. The van der Waals surface area contributed by atoms with Gasteiger partial charge in [-0.1, -0.05) is 18.2 Å². The summed E-state index contributed by atoms with van der Waals surface area (Å²) in [6.45, 7) is 3.51. The lowest BCUT2D eigenvalue weighted by Crippen LogP contribution is -2.27. The fourth-order valence-electron chi connectivity index (χ4n) is 2.04. The molecule has 1 aromatic rings. The molecule has 0 bridgehead atoms. The second-order valence-electron chi connectivity index (χ2n) is 5.06. The molecule has 0 radical (unpaired) electrons. The van der Waals surface area contributed by atoms with Crippen LogP contribution in [-0.2, 0) is 23.4 Å². The van der Waals surface area contributed by atoms with E-state index in [0.29, 0.717) is 0 Å². The lowest BCUT2D eigenvalue weighted by atomic mass is 10.1. The number of aryl methyl sites for hydroxylation is 2. The minimum absolute atomic E-state index is 0.709. The van der Waals surface area contributed by atoms with Gasteiger partial charge in [0.05, 0.1) is 0 Å². The molecule has 0 spiro atoms. The van der Waals surface area contributed by atoms with Crippen LogP contribution in [0.5, 0.6) is 0 Å². The van der Waals surface area contributed by atoms with Crippen molar-refractivity contribution in [2.75, 3.05) is 0 Å². The van der Waals surface area contributed by atoms with Crippen LogP contribution in [0.1, 0.15) is 37.0 Å². The zero-order chi connectivity index (χ0) is 12.5. The van der Waals surface area contributed by atoms with Crippen molar-refractivity contribution in [3.63, 3.8) is 0 Å². The predicted molar refractivity (Wildman–Crippen MR) is 71.5 cm³/mol. The molecule has 1 aliphatic carbocycles. The lowest BCUT2D eigenvalue weighted by molar-refractivity contribution is -0.138. The zero-order valence-corrected chi connectivity index (χ0v) is 11.1. The van der Waals surface area contributed by atoms with Gasteiger partial charge in [0.2, 0.25) is 0 Å². The van der Waals surface area contributed by atoms with E-state index in [2.05, 4.69) is 18.2 Å². The average molecular weight is 250 g/mol. The third-order valence-corrected chi connectivity index (χ3v) is 4.65. The number of carboxylic acids is 1. The van der Waals surface area contributed by atoms with Crippen molar-refractivity contribution in [3.05, 3.63) is 34.9 Å². The van der Waals surface area contributed by atoms with E-state index in [0.717, 1.165) is 5.75 Å². The number of rotatable bonds is 4. The van der Waals surface area contributed by atoms with E-state index >= 15 is 0 Å². The Morgan fingerprint density at radius 1 is 1.35 bits per heavy atom. The Morgan fingerprint density at radius 2 is 2.06 bits per heavy atom. The number of hydrogen-bond donors (Lipinski definition) is 1. The first-order chi connectivity index (χ1) is 7.99. The van der Waals surface area contributed by atoms with Gasteiger partial charge in [0, 0.05) is 5.75 Å². The van der Waals surface area contributed by atoms with Gasteiger partial charge in [-0.05, 0) is 49.8 Å². The molecule has 17 heavy (non-hydrogen) atoms. The van der Waals surface area contributed by atoms with E-state index in [1.807, 2.05) is 0 Å². The van der Waals surface area contributed by atoms with Crippen LogP contribution in [0.25, 0.3) is 0 Å². The van der Waals surface area contributed by atoms with Crippen molar-refractivity contribution in [1.82, 2.24) is 0 Å². The molecule has 0 atom stereocenters. The van der Waals surface area contributed by atoms with Gasteiger partial charge < -0.3 is 5.11 Å². The number of carboxylic acid groups (broad SMARTS) is 1. The largest absolute Gasteiger partial charge is 0.480 e. The summed E-state index contributed by atoms with van der Waals surface area (Å²) in [5.74, 6) is 0.0238. The highest BCUT2D eigenvalue weighted by molar-refractivity contribution is 8.00. The fraction of sp³-hybridized carbons (Fsp3) is 0.500. The summed E-state index contributed by atoms with van der Waals surface area (Å²) >= 11 is 1.49. The molecule has 0 aliphatic heterocycles.